The Hall–Kier alpha value is -0.610. The van der Waals surface area contributed by atoms with Crippen LogP contribution in [0.4, 0.5) is 0 Å². The van der Waals surface area contributed by atoms with Gasteiger partial charge in [-0.05, 0) is 52.6 Å². The molecule has 0 bridgehead atoms. The minimum Gasteiger partial charge on any atom is -0.468 e. The van der Waals surface area contributed by atoms with Gasteiger partial charge in [-0.15, -0.1) is 0 Å². The Morgan fingerprint density at radius 3 is 2.44 bits per heavy atom. The van der Waals surface area contributed by atoms with Crippen molar-refractivity contribution in [2.24, 2.45) is 5.92 Å². The van der Waals surface area contributed by atoms with E-state index in [-0.39, 0.29) is 12.0 Å². The molecule has 1 rings (SSSR count). The van der Waals surface area contributed by atoms with E-state index in [1.807, 2.05) is 6.92 Å². The molecule has 4 nitrogen and oxygen atoms in total. The summed E-state index contributed by atoms with van der Waals surface area (Å²) in [6, 6.07) is 0.262. The normalized spacial score (nSPS) is 21.9. The maximum absolute atomic E-state index is 12.0. The van der Waals surface area contributed by atoms with E-state index in [9.17, 15) is 4.79 Å². The first-order valence-corrected chi connectivity index (χ1v) is 6.96. The molecular weight excluding hydrogens is 228 g/mol. The minimum absolute atomic E-state index is 0.171. The van der Waals surface area contributed by atoms with Gasteiger partial charge in [-0.1, -0.05) is 6.92 Å². The van der Waals surface area contributed by atoms with E-state index in [0.717, 1.165) is 25.6 Å². The number of carbonyl (C=O) groups excluding carboxylic acids is 1. The van der Waals surface area contributed by atoms with Gasteiger partial charge in [0.05, 0.1) is 7.11 Å². The molecule has 0 spiro atoms. The van der Waals surface area contributed by atoms with Crippen molar-refractivity contribution in [1.29, 1.82) is 0 Å². The van der Waals surface area contributed by atoms with Gasteiger partial charge in [-0.3, -0.25) is 10.1 Å². The fourth-order valence-corrected chi connectivity index (χ4v) is 2.70. The summed E-state index contributed by atoms with van der Waals surface area (Å²) >= 11 is 0. The third-order valence-electron chi connectivity index (χ3n) is 3.66. The zero-order valence-corrected chi connectivity index (χ0v) is 12.5. The van der Waals surface area contributed by atoms with Crippen molar-refractivity contribution in [3.05, 3.63) is 0 Å². The fourth-order valence-electron chi connectivity index (χ4n) is 2.70. The molecule has 0 aromatic rings. The molecule has 0 amide bonds. The van der Waals surface area contributed by atoms with Crippen LogP contribution in [0.15, 0.2) is 0 Å². The zero-order chi connectivity index (χ0) is 13.8. The third kappa shape index (κ3) is 4.25. The Kier molecular flexibility index (Phi) is 5.60. The van der Waals surface area contributed by atoms with Crippen molar-refractivity contribution >= 4 is 5.97 Å². The molecule has 1 aliphatic rings. The van der Waals surface area contributed by atoms with Gasteiger partial charge in [0, 0.05) is 12.6 Å². The summed E-state index contributed by atoms with van der Waals surface area (Å²) in [7, 11) is 1.46. The Labute approximate surface area is 111 Å². The molecule has 106 valence electrons. The number of rotatable bonds is 5. The Bertz CT molecular complexity index is 273. The highest BCUT2D eigenvalue weighted by Gasteiger charge is 2.37. The van der Waals surface area contributed by atoms with Gasteiger partial charge in [0.25, 0.3) is 0 Å². The van der Waals surface area contributed by atoms with Crippen molar-refractivity contribution in [2.75, 3.05) is 26.7 Å². The Balaban J connectivity index is 2.63. The van der Waals surface area contributed by atoms with Gasteiger partial charge in [0.2, 0.25) is 0 Å². The predicted molar refractivity (Wildman–Crippen MR) is 73.5 cm³/mol. The van der Waals surface area contributed by atoms with Crippen LogP contribution in [0.2, 0.25) is 0 Å². The number of hydrogen-bond acceptors (Lipinski definition) is 4. The number of nitrogens with one attached hydrogen (secondary N) is 1. The average Bonchev–Trinajstić information content (AvgIpc) is 2.30. The molecule has 4 heteroatoms. The standard InChI is InChI=1S/C14H28N2O2/c1-11(2)15-14(4,13(17)18-5)10-16-8-6-12(3)7-9-16/h11-12,15H,6-10H2,1-5H3. The first kappa shape index (κ1) is 15.4. The van der Waals surface area contributed by atoms with Crippen LogP contribution in [0.3, 0.4) is 0 Å². The number of likely N-dealkylation sites (tertiary alicyclic amines) is 1. The molecule has 0 aliphatic carbocycles. The van der Waals surface area contributed by atoms with E-state index in [0.29, 0.717) is 0 Å². The van der Waals surface area contributed by atoms with Crippen molar-refractivity contribution in [3.63, 3.8) is 0 Å². The van der Waals surface area contributed by atoms with Crippen LogP contribution in [0.1, 0.15) is 40.5 Å². The maximum Gasteiger partial charge on any atom is 0.327 e. The molecule has 0 saturated carbocycles. The summed E-state index contributed by atoms with van der Waals surface area (Å²) in [6.45, 7) is 11.2. The van der Waals surface area contributed by atoms with Crippen LogP contribution >= 0.6 is 0 Å². The van der Waals surface area contributed by atoms with Crippen LogP contribution in [-0.4, -0.2) is 49.2 Å². The third-order valence-corrected chi connectivity index (χ3v) is 3.66. The molecule has 1 fully saturated rings. The molecule has 18 heavy (non-hydrogen) atoms. The molecule has 0 radical (unpaired) electrons. The van der Waals surface area contributed by atoms with Gasteiger partial charge in [0.1, 0.15) is 5.54 Å². The summed E-state index contributed by atoms with van der Waals surface area (Å²) in [4.78, 5) is 14.4. The van der Waals surface area contributed by atoms with E-state index in [4.69, 9.17) is 4.74 Å². The lowest BCUT2D eigenvalue weighted by Gasteiger charge is -2.38. The SMILES string of the molecule is COC(=O)C(C)(CN1CCC(C)CC1)NC(C)C. The van der Waals surface area contributed by atoms with Crippen molar-refractivity contribution in [1.82, 2.24) is 10.2 Å². The highest BCUT2D eigenvalue weighted by molar-refractivity contribution is 5.80. The second-order valence-corrected chi connectivity index (χ2v) is 6.08. The van der Waals surface area contributed by atoms with E-state index in [1.54, 1.807) is 0 Å². The van der Waals surface area contributed by atoms with E-state index in [2.05, 4.69) is 31.0 Å². The zero-order valence-electron chi connectivity index (χ0n) is 12.5. The number of carbonyl (C=O) groups is 1. The van der Waals surface area contributed by atoms with Gasteiger partial charge in [0.15, 0.2) is 0 Å². The summed E-state index contributed by atoms with van der Waals surface area (Å²) < 4.78 is 4.95. The molecule has 1 unspecified atom stereocenters. The Morgan fingerprint density at radius 2 is 2.00 bits per heavy atom. The van der Waals surface area contributed by atoms with Crippen LogP contribution in [0, 0.1) is 5.92 Å². The van der Waals surface area contributed by atoms with Gasteiger partial charge < -0.3 is 9.64 Å². The van der Waals surface area contributed by atoms with Crippen LogP contribution in [-0.2, 0) is 9.53 Å². The quantitative estimate of drug-likeness (QED) is 0.759. The highest BCUT2D eigenvalue weighted by Crippen LogP contribution is 2.19. The molecule has 1 aliphatic heterocycles. The van der Waals surface area contributed by atoms with Crippen molar-refractivity contribution in [2.45, 2.75) is 52.1 Å². The van der Waals surface area contributed by atoms with Gasteiger partial charge >= 0.3 is 5.97 Å². The highest BCUT2D eigenvalue weighted by atomic mass is 16.5. The number of nitrogens with zero attached hydrogens (tertiary/aromatic N) is 1. The summed E-state index contributed by atoms with van der Waals surface area (Å²) in [5, 5.41) is 3.35. The molecule has 1 heterocycles. The second kappa shape index (κ2) is 6.53. The van der Waals surface area contributed by atoms with Crippen LogP contribution < -0.4 is 5.32 Å². The van der Waals surface area contributed by atoms with E-state index < -0.39 is 5.54 Å². The molecular formula is C14H28N2O2. The minimum atomic E-state index is -0.608. The summed E-state index contributed by atoms with van der Waals surface area (Å²) in [5.74, 6) is 0.638. The van der Waals surface area contributed by atoms with Crippen LogP contribution in [0.5, 0.6) is 0 Å². The number of ether oxygens (including phenoxy) is 1. The topological polar surface area (TPSA) is 41.6 Å². The largest absolute Gasteiger partial charge is 0.468 e. The lowest BCUT2D eigenvalue weighted by atomic mass is 9.95. The predicted octanol–water partition coefficient (Wildman–Crippen LogP) is 1.65. The summed E-state index contributed by atoms with van der Waals surface area (Å²) in [5.41, 5.74) is -0.608. The monoisotopic (exact) mass is 256 g/mol. The maximum atomic E-state index is 12.0. The number of piperidine rings is 1. The van der Waals surface area contributed by atoms with E-state index in [1.165, 1.54) is 20.0 Å². The lowest BCUT2D eigenvalue weighted by Crippen LogP contribution is -2.60. The fraction of sp³-hybridized carbons (Fsp3) is 0.929. The van der Waals surface area contributed by atoms with Gasteiger partial charge in [-0.2, -0.15) is 0 Å². The van der Waals surface area contributed by atoms with Gasteiger partial charge in [-0.25, -0.2) is 0 Å². The second-order valence-electron chi connectivity index (χ2n) is 6.08. The first-order valence-electron chi connectivity index (χ1n) is 6.96. The molecule has 0 aromatic heterocycles. The smallest absolute Gasteiger partial charge is 0.327 e. The number of hydrogen-bond donors (Lipinski definition) is 1. The van der Waals surface area contributed by atoms with Crippen LogP contribution in [0.25, 0.3) is 0 Å². The number of esters is 1. The summed E-state index contributed by atoms with van der Waals surface area (Å²) in [6.07, 6.45) is 2.44. The Morgan fingerprint density at radius 1 is 1.44 bits per heavy atom. The lowest BCUT2D eigenvalue weighted by molar-refractivity contribution is -0.149. The van der Waals surface area contributed by atoms with Crippen molar-refractivity contribution in [3.8, 4) is 0 Å². The first-order chi connectivity index (χ1) is 8.37. The molecule has 1 atom stereocenters. The number of methoxy groups -OCH3 is 1. The van der Waals surface area contributed by atoms with E-state index >= 15 is 0 Å². The molecule has 0 aromatic carbocycles. The molecule has 1 N–H and O–H groups in total. The van der Waals surface area contributed by atoms with Crippen molar-refractivity contribution < 1.29 is 9.53 Å². The average molecular weight is 256 g/mol. The molecule has 1 saturated heterocycles.